The van der Waals surface area contributed by atoms with E-state index in [-0.39, 0.29) is 11.9 Å². The van der Waals surface area contributed by atoms with Gasteiger partial charge in [-0.3, -0.25) is 9.69 Å². The van der Waals surface area contributed by atoms with Crippen molar-refractivity contribution in [2.75, 3.05) is 46.9 Å². The summed E-state index contributed by atoms with van der Waals surface area (Å²) in [6, 6.07) is 16.1. The number of carbonyl (C=O) groups is 1. The summed E-state index contributed by atoms with van der Waals surface area (Å²) < 4.78 is 5.28. The molecule has 2 aliphatic rings. The first-order valence-electron chi connectivity index (χ1n) is 10.6. The van der Waals surface area contributed by atoms with Crippen LogP contribution < -0.4 is 4.74 Å². The average molecular weight is 407 g/mol. The van der Waals surface area contributed by atoms with E-state index in [4.69, 9.17) is 9.84 Å². The molecule has 0 unspecified atom stereocenters. The molecule has 0 radical (unpaired) electrons. The summed E-state index contributed by atoms with van der Waals surface area (Å²) in [4.78, 5) is 17.8. The SMILES string of the molecule is COc1ccc(C2=NN(C(=O)CN3CCN(C)CC3)[C@@H](c3ccccc3C)C2)cc1. The highest BCUT2D eigenvalue weighted by atomic mass is 16.5. The second kappa shape index (κ2) is 8.98. The Labute approximate surface area is 178 Å². The third-order valence-corrected chi connectivity index (χ3v) is 6.09. The molecule has 2 heterocycles. The number of amides is 1. The highest BCUT2D eigenvalue weighted by molar-refractivity contribution is 6.03. The second-order valence-corrected chi connectivity index (χ2v) is 8.17. The Morgan fingerprint density at radius 1 is 1.07 bits per heavy atom. The van der Waals surface area contributed by atoms with Gasteiger partial charge in [-0.25, -0.2) is 5.01 Å². The molecule has 1 amide bonds. The second-order valence-electron chi connectivity index (χ2n) is 8.17. The number of hydrogen-bond donors (Lipinski definition) is 0. The third-order valence-electron chi connectivity index (χ3n) is 6.09. The van der Waals surface area contributed by atoms with Crippen LogP contribution in [-0.4, -0.2) is 73.3 Å². The topological polar surface area (TPSA) is 48.4 Å². The number of likely N-dealkylation sites (N-methyl/N-ethyl adjacent to an activating group) is 1. The van der Waals surface area contributed by atoms with Gasteiger partial charge < -0.3 is 9.64 Å². The summed E-state index contributed by atoms with van der Waals surface area (Å²) in [5.74, 6) is 0.882. The van der Waals surface area contributed by atoms with Crippen LogP contribution in [0.2, 0.25) is 0 Å². The first-order valence-corrected chi connectivity index (χ1v) is 10.6. The van der Waals surface area contributed by atoms with Crippen molar-refractivity contribution in [1.29, 1.82) is 0 Å². The third kappa shape index (κ3) is 4.40. The summed E-state index contributed by atoms with van der Waals surface area (Å²) in [5.41, 5.74) is 4.32. The van der Waals surface area contributed by atoms with Gasteiger partial charge in [0.25, 0.3) is 5.91 Å². The molecular formula is C24H30N4O2. The van der Waals surface area contributed by atoms with Gasteiger partial charge in [0.2, 0.25) is 0 Å². The Kier molecular flexibility index (Phi) is 6.16. The van der Waals surface area contributed by atoms with Gasteiger partial charge in [0.05, 0.1) is 25.4 Å². The number of methoxy groups -OCH3 is 1. The van der Waals surface area contributed by atoms with E-state index in [1.165, 1.54) is 5.56 Å². The highest BCUT2D eigenvalue weighted by Gasteiger charge is 2.34. The molecule has 0 N–H and O–H groups in total. The van der Waals surface area contributed by atoms with E-state index >= 15 is 0 Å². The first-order chi connectivity index (χ1) is 14.5. The van der Waals surface area contributed by atoms with Crippen LogP contribution >= 0.6 is 0 Å². The molecule has 1 fully saturated rings. The fraction of sp³-hybridized carbons (Fsp3) is 0.417. The molecule has 1 atom stereocenters. The summed E-state index contributed by atoms with van der Waals surface area (Å²) in [7, 11) is 3.79. The number of nitrogens with zero attached hydrogens (tertiary/aromatic N) is 4. The molecule has 6 heteroatoms. The molecule has 0 saturated carbocycles. The molecule has 0 spiro atoms. The van der Waals surface area contributed by atoms with Gasteiger partial charge in [-0.2, -0.15) is 5.10 Å². The van der Waals surface area contributed by atoms with E-state index in [1.54, 1.807) is 12.1 Å². The minimum atomic E-state index is -0.0664. The molecule has 1 saturated heterocycles. The lowest BCUT2D eigenvalue weighted by Gasteiger charge is -2.33. The molecule has 6 nitrogen and oxygen atoms in total. The Bertz CT molecular complexity index is 917. The van der Waals surface area contributed by atoms with Crippen molar-refractivity contribution in [1.82, 2.24) is 14.8 Å². The zero-order valence-corrected chi connectivity index (χ0v) is 18.0. The molecule has 2 aliphatic heterocycles. The maximum Gasteiger partial charge on any atom is 0.257 e. The van der Waals surface area contributed by atoms with Gasteiger partial charge in [0.1, 0.15) is 5.75 Å². The van der Waals surface area contributed by atoms with Gasteiger partial charge in [0.15, 0.2) is 0 Å². The Morgan fingerprint density at radius 2 is 1.77 bits per heavy atom. The number of rotatable bonds is 5. The maximum absolute atomic E-state index is 13.3. The van der Waals surface area contributed by atoms with Gasteiger partial charge in [-0.05, 0) is 54.9 Å². The van der Waals surface area contributed by atoms with Crippen molar-refractivity contribution in [3.05, 3.63) is 65.2 Å². The smallest absolute Gasteiger partial charge is 0.257 e. The first kappa shape index (κ1) is 20.6. The number of ether oxygens (including phenoxy) is 1. The van der Waals surface area contributed by atoms with Crippen molar-refractivity contribution in [3.8, 4) is 5.75 Å². The van der Waals surface area contributed by atoms with Crippen molar-refractivity contribution in [3.63, 3.8) is 0 Å². The van der Waals surface area contributed by atoms with Crippen LogP contribution in [0.25, 0.3) is 0 Å². The van der Waals surface area contributed by atoms with E-state index in [0.717, 1.165) is 48.8 Å². The largest absolute Gasteiger partial charge is 0.497 e. The monoisotopic (exact) mass is 406 g/mol. The van der Waals surface area contributed by atoms with Crippen LogP contribution in [0.3, 0.4) is 0 Å². The van der Waals surface area contributed by atoms with Crippen LogP contribution in [0.5, 0.6) is 5.75 Å². The number of aryl methyl sites for hydroxylation is 1. The predicted molar refractivity (Wildman–Crippen MR) is 119 cm³/mol. The van der Waals surface area contributed by atoms with Crippen molar-refractivity contribution < 1.29 is 9.53 Å². The average Bonchev–Trinajstić information content (AvgIpc) is 3.21. The lowest BCUT2D eigenvalue weighted by atomic mass is 9.95. The van der Waals surface area contributed by atoms with Crippen LogP contribution in [-0.2, 0) is 4.79 Å². The van der Waals surface area contributed by atoms with Gasteiger partial charge in [-0.15, -0.1) is 0 Å². The predicted octanol–water partition coefficient (Wildman–Crippen LogP) is 2.93. The summed E-state index contributed by atoms with van der Waals surface area (Å²) in [6.45, 7) is 6.34. The minimum Gasteiger partial charge on any atom is -0.497 e. The summed E-state index contributed by atoms with van der Waals surface area (Å²) in [5, 5.41) is 6.54. The fourth-order valence-corrected chi connectivity index (χ4v) is 4.17. The number of benzene rings is 2. The molecule has 0 bridgehead atoms. The van der Waals surface area contributed by atoms with Crippen molar-refractivity contribution in [2.24, 2.45) is 5.10 Å². The van der Waals surface area contributed by atoms with Gasteiger partial charge >= 0.3 is 0 Å². The van der Waals surface area contributed by atoms with Gasteiger partial charge in [-0.1, -0.05) is 24.3 Å². The number of hydrazone groups is 1. The Balaban J connectivity index is 1.59. The van der Waals surface area contributed by atoms with Crippen molar-refractivity contribution >= 4 is 11.6 Å². The molecule has 0 aromatic heterocycles. The summed E-state index contributed by atoms with van der Waals surface area (Å²) >= 11 is 0. The molecule has 30 heavy (non-hydrogen) atoms. The lowest BCUT2D eigenvalue weighted by molar-refractivity contribution is -0.134. The molecule has 2 aromatic carbocycles. The molecule has 4 rings (SSSR count). The van der Waals surface area contributed by atoms with Crippen LogP contribution in [0.15, 0.2) is 53.6 Å². The Hall–Kier alpha value is -2.70. The van der Waals surface area contributed by atoms with E-state index < -0.39 is 0 Å². The quantitative estimate of drug-likeness (QED) is 0.766. The summed E-state index contributed by atoms with van der Waals surface area (Å²) in [6.07, 6.45) is 0.714. The van der Waals surface area contributed by atoms with Crippen LogP contribution in [0.1, 0.15) is 29.2 Å². The zero-order valence-electron chi connectivity index (χ0n) is 18.0. The maximum atomic E-state index is 13.3. The number of hydrogen-bond acceptors (Lipinski definition) is 5. The lowest BCUT2D eigenvalue weighted by Crippen LogP contribution is -2.48. The minimum absolute atomic E-state index is 0.0660. The van der Waals surface area contributed by atoms with Gasteiger partial charge in [0, 0.05) is 32.6 Å². The molecular weight excluding hydrogens is 376 g/mol. The van der Waals surface area contributed by atoms with Crippen molar-refractivity contribution in [2.45, 2.75) is 19.4 Å². The van der Waals surface area contributed by atoms with Crippen LogP contribution in [0, 0.1) is 6.92 Å². The Morgan fingerprint density at radius 3 is 2.43 bits per heavy atom. The van der Waals surface area contributed by atoms with E-state index in [0.29, 0.717) is 13.0 Å². The molecule has 2 aromatic rings. The molecule has 0 aliphatic carbocycles. The number of piperazine rings is 1. The fourth-order valence-electron chi connectivity index (χ4n) is 4.17. The van der Waals surface area contributed by atoms with E-state index in [2.05, 4.69) is 35.9 Å². The highest BCUT2D eigenvalue weighted by Crippen LogP contribution is 2.34. The number of carbonyl (C=O) groups excluding carboxylic acids is 1. The normalized spacial score (nSPS) is 20.3. The standard InChI is InChI=1S/C24H30N4O2/c1-18-6-4-5-7-21(18)23-16-22(19-8-10-20(30-3)11-9-19)25-28(23)24(29)17-27-14-12-26(2)13-15-27/h4-11,23H,12-17H2,1-3H3/t23-/m1/s1. The zero-order chi connectivity index (χ0) is 21.1. The van der Waals surface area contributed by atoms with Crippen LogP contribution in [0.4, 0.5) is 0 Å². The van der Waals surface area contributed by atoms with E-state index in [1.807, 2.05) is 36.4 Å². The van der Waals surface area contributed by atoms with E-state index in [9.17, 15) is 4.79 Å². The molecule has 158 valence electrons.